The number of aromatic hydroxyl groups is 3. The van der Waals surface area contributed by atoms with Crippen LogP contribution in [0.1, 0.15) is 45.5 Å². The molecule has 8 heteroatoms. The monoisotopic (exact) mass is 580 g/mol. The number of nitrogens with zero attached hydrogens (tertiary/aromatic N) is 2. The number of hydrogen-bond donors (Lipinski definition) is 3. The van der Waals surface area contributed by atoms with E-state index in [9.17, 15) is 15.3 Å². The smallest absolute Gasteiger partial charge is 0.201 e. The Bertz CT molecular complexity index is 1700. The fourth-order valence-corrected chi connectivity index (χ4v) is 6.79. The topological polar surface area (TPSA) is 94.9 Å². The van der Waals surface area contributed by atoms with E-state index in [0.29, 0.717) is 29.4 Å². The molecule has 2 atom stereocenters. The van der Waals surface area contributed by atoms with Gasteiger partial charge in [0, 0.05) is 30.7 Å². The van der Waals surface area contributed by atoms with Gasteiger partial charge in [-0.2, -0.15) is 0 Å². The highest BCUT2D eigenvalue weighted by Gasteiger charge is 2.33. The summed E-state index contributed by atoms with van der Waals surface area (Å²) in [4.78, 5) is 4.57. The molecule has 0 saturated carbocycles. The van der Waals surface area contributed by atoms with E-state index in [4.69, 9.17) is 14.2 Å². The van der Waals surface area contributed by atoms with Crippen LogP contribution in [0.15, 0.2) is 60.7 Å². The first kappa shape index (κ1) is 27.4. The van der Waals surface area contributed by atoms with Crippen LogP contribution >= 0.6 is 0 Å². The lowest BCUT2D eigenvalue weighted by molar-refractivity contribution is 0.222. The summed E-state index contributed by atoms with van der Waals surface area (Å²) in [7, 11) is 5.73. The van der Waals surface area contributed by atoms with Crippen molar-refractivity contribution in [1.29, 1.82) is 0 Å². The van der Waals surface area contributed by atoms with Crippen molar-refractivity contribution in [1.82, 2.24) is 9.80 Å². The molecule has 43 heavy (non-hydrogen) atoms. The van der Waals surface area contributed by atoms with E-state index in [2.05, 4.69) is 36.0 Å². The van der Waals surface area contributed by atoms with Gasteiger partial charge < -0.3 is 29.5 Å². The highest BCUT2D eigenvalue weighted by Crippen LogP contribution is 2.50. The van der Waals surface area contributed by atoms with Crippen molar-refractivity contribution in [2.24, 2.45) is 0 Å². The molecule has 0 spiro atoms. The minimum Gasteiger partial charge on any atom is -0.504 e. The molecular formula is C35H36N2O6. The molecule has 0 amide bonds. The van der Waals surface area contributed by atoms with E-state index in [1.54, 1.807) is 19.2 Å². The Morgan fingerprint density at radius 3 is 2.16 bits per heavy atom. The molecule has 0 radical (unpaired) electrons. The Balaban J connectivity index is 1.41. The van der Waals surface area contributed by atoms with Crippen LogP contribution in [0, 0.1) is 0 Å². The lowest BCUT2D eigenvalue weighted by Gasteiger charge is -2.36. The molecule has 4 heterocycles. The predicted octanol–water partition coefficient (Wildman–Crippen LogP) is 6.25. The quantitative estimate of drug-likeness (QED) is 0.243. The van der Waals surface area contributed by atoms with E-state index in [0.717, 1.165) is 65.7 Å². The maximum absolute atomic E-state index is 11.3. The molecule has 4 aromatic carbocycles. The van der Waals surface area contributed by atoms with Gasteiger partial charge in [-0.15, -0.1) is 0 Å². The fraction of sp³-hybridized carbons (Fsp3) is 0.314. The zero-order valence-electron chi connectivity index (χ0n) is 24.6. The Labute approximate surface area is 251 Å². The number of hydrogen-bond acceptors (Lipinski definition) is 8. The number of phenols is 3. The number of fused-ring (bicyclic) bond motifs is 2. The summed E-state index contributed by atoms with van der Waals surface area (Å²) < 4.78 is 18.3. The highest BCUT2D eigenvalue weighted by atomic mass is 16.5. The first-order valence-electron chi connectivity index (χ1n) is 14.7. The van der Waals surface area contributed by atoms with Crippen molar-refractivity contribution in [3.05, 3.63) is 94.0 Å². The maximum Gasteiger partial charge on any atom is 0.201 e. The summed E-state index contributed by atoms with van der Waals surface area (Å²) in [5.41, 5.74) is 6.23. The predicted molar refractivity (Wildman–Crippen MR) is 163 cm³/mol. The number of methoxy groups -OCH3 is 1. The largest absolute Gasteiger partial charge is 0.504 e. The molecule has 0 saturated heterocycles. The Morgan fingerprint density at radius 1 is 0.721 bits per heavy atom. The molecule has 4 aromatic rings. The normalized spacial score (nSPS) is 19.9. The van der Waals surface area contributed by atoms with Crippen LogP contribution in [0.3, 0.4) is 0 Å². The molecule has 4 aliphatic rings. The van der Waals surface area contributed by atoms with Crippen LogP contribution in [0.4, 0.5) is 0 Å². The highest BCUT2D eigenvalue weighted by molar-refractivity contribution is 5.62. The van der Waals surface area contributed by atoms with Crippen molar-refractivity contribution in [2.45, 2.75) is 37.8 Å². The van der Waals surface area contributed by atoms with Crippen molar-refractivity contribution < 1.29 is 29.5 Å². The zero-order chi connectivity index (χ0) is 29.8. The molecule has 3 N–H and O–H groups in total. The minimum atomic E-state index is -0.125. The number of likely N-dealkylation sites (N-methyl/N-ethyl adjacent to an activating group) is 2. The first-order chi connectivity index (χ1) is 20.8. The minimum absolute atomic E-state index is 0.00714. The van der Waals surface area contributed by atoms with Crippen LogP contribution in [-0.4, -0.2) is 59.4 Å². The SMILES string of the molecule is COc1cc2c3c(c1O)Oc1ccc(cc1)CC1c4cc(c(O)cc4CCN1C)Oc1cc(ccc1O)CC3N(C)CC2. The van der Waals surface area contributed by atoms with E-state index in [-0.39, 0.29) is 35.1 Å². The third-order valence-electron chi connectivity index (χ3n) is 9.25. The lowest BCUT2D eigenvalue weighted by atomic mass is 9.87. The first-order valence-corrected chi connectivity index (χ1v) is 14.7. The Kier molecular flexibility index (Phi) is 6.83. The summed E-state index contributed by atoms with van der Waals surface area (Å²) in [5.74, 6) is 2.02. The number of benzene rings is 4. The van der Waals surface area contributed by atoms with E-state index < -0.39 is 0 Å². The zero-order valence-corrected chi connectivity index (χ0v) is 24.6. The second kappa shape index (κ2) is 10.7. The third-order valence-corrected chi connectivity index (χ3v) is 9.25. The lowest BCUT2D eigenvalue weighted by Crippen LogP contribution is -2.34. The average Bonchev–Trinajstić information content (AvgIpc) is 3.00. The molecule has 0 aliphatic carbocycles. The Morgan fingerprint density at radius 2 is 1.40 bits per heavy atom. The molecule has 2 unspecified atom stereocenters. The van der Waals surface area contributed by atoms with Gasteiger partial charge in [-0.25, -0.2) is 0 Å². The number of ether oxygens (including phenoxy) is 3. The van der Waals surface area contributed by atoms with Crippen LogP contribution in [0.2, 0.25) is 0 Å². The van der Waals surface area contributed by atoms with Gasteiger partial charge in [0.05, 0.1) is 7.11 Å². The van der Waals surface area contributed by atoms with E-state index in [1.807, 2.05) is 36.4 Å². The number of phenolic OH excluding ortho intramolecular Hbond substituents is 3. The summed E-state index contributed by atoms with van der Waals surface area (Å²) in [5, 5.41) is 33.1. The van der Waals surface area contributed by atoms with Crippen molar-refractivity contribution >= 4 is 0 Å². The van der Waals surface area contributed by atoms with Gasteiger partial charge in [0.1, 0.15) is 5.75 Å². The van der Waals surface area contributed by atoms with Gasteiger partial charge in [0.15, 0.2) is 34.5 Å². The molecule has 6 bridgehead atoms. The van der Waals surface area contributed by atoms with Gasteiger partial charge in [0.2, 0.25) is 5.75 Å². The van der Waals surface area contributed by atoms with Gasteiger partial charge in [-0.1, -0.05) is 18.2 Å². The van der Waals surface area contributed by atoms with Gasteiger partial charge in [-0.3, -0.25) is 9.80 Å². The summed E-state index contributed by atoms with van der Waals surface area (Å²) in [6, 6.07) is 18.9. The third kappa shape index (κ3) is 4.90. The van der Waals surface area contributed by atoms with Crippen LogP contribution in [0.25, 0.3) is 0 Å². The van der Waals surface area contributed by atoms with E-state index in [1.165, 1.54) is 0 Å². The van der Waals surface area contributed by atoms with Crippen LogP contribution in [-0.2, 0) is 25.7 Å². The number of rotatable bonds is 1. The summed E-state index contributed by atoms with van der Waals surface area (Å²) >= 11 is 0. The second-order valence-corrected chi connectivity index (χ2v) is 11.9. The molecule has 0 fully saturated rings. The molecule has 222 valence electrons. The van der Waals surface area contributed by atoms with Gasteiger partial charge in [0.25, 0.3) is 0 Å². The maximum atomic E-state index is 11.3. The van der Waals surface area contributed by atoms with Gasteiger partial charge in [-0.05, 0) is 110 Å². The molecule has 8 nitrogen and oxygen atoms in total. The van der Waals surface area contributed by atoms with Crippen LogP contribution < -0.4 is 14.2 Å². The average molecular weight is 581 g/mol. The van der Waals surface area contributed by atoms with Crippen molar-refractivity contribution in [2.75, 3.05) is 34.3 Å². The standard InChI is InChI=1S/C35H36N2O6/c1-36-12-10-22-17-29(39)31-19-25(22)26(36)14-20-4-7-24(8-5-20)42-35-33-23(18-32(41-3)34(35)40)11-13-37(2)27(33)15-21-6-9-28(38)30(16-21)43-31/h4-9,16-19,26-27,38-40H,10-15H2,1-3H3. The van der Waals surface area contributed by atoms with Crippen molar-refractivity contribution in [3.8, 4) is 46.0 Å². The molecule has 0 aromatic heterocycles. The van der Waals surface area contributed by atoms with Crippen LogP contribution in [0.5, 0.6) is 46.0 Å². The summed E-state index contributed by atoms with van der Waals surface area (Å²) in [6.07, 6.45) is 2.93. The summed E-state index contributed by atoms with van der Waals surface area (Å²) in [6.45, 7) is 1.69. The Hall–Kier alpha value is -4.40. The second-order valence-electron chi connectivity index (χ2n) is 11.9. The fourth-order valence-electron chi connectivity index (χ4n) is 6.79. The van der Waals surface area contributed by atoms with E-state index >= 15 is 0 Å². The molecule has 4 aliphatic heterocycles. The molecular weight excluding hydrogens is 544 g/mol. The molecule has 8 rings (SSSR count). The van der Waals surface area contributed by atoms with Crippen molar-refractivity contribution in [3.63, 3.8) is 0 Å². The van der Waals surface area contributed by atoms with Gasteiger partial charge >= 0.3 is 0 Å².